The molecule has 1 aromatic heterocycles. The summed E-state index contributed by atoms with van der Waals surface area (Å²) in [6.07, 6.45) is 0. The number of hydrogen-bond acceptors (Lipinski definition) is 7. The van der Waals surface area contributed by atoms with Gasteiger partial charge in [-0.25, -0.2) is 13.4 Å². The third-order valence-electron chi connectivity index (χ3n) is 5.18. The fraction of sp³-hybridized carbons (Fsp3) is 0.304. The van der Waals surface area contributed by atoms with E-state index >= 15 is 0 Å². The van der Waals surface area contributed by atoms with Crippen molar-refractivity contribution in [3.05, 3.63) is 65.4 Å². The molecule has 32 heavy (non-hydrogen) atoms. The van der Waals surface area contributed by atoms with Crippen LogP contribution in [0.15, 0.2) is 53.4 Å². The molecule has 2 aromatic carbocycles. The predicted molar refractivity (Wildman–Crippen MR) is 126 cm³/mol. The number of aryl methyl sites for hydroxylation is 3. The van der Waals surface area contributed by atoms with Gasteiger partial charge in [-0.2, -0.15) is 4.98 Å². The van der Waals surface area contributed by atoms with Crippen LogP contribution in [0.1, 0.15) is 16.8 Å². The van der Waals surface area contributed by atoms with Gasteiger partial charge < -0.3 is 15.0 Å². The van der Waals surface area contributed by atoms with Gasteiger partial charge in [0.2, 0.25) is 5.95 Å². The summed E-state index contributed by atoms with van der Waals surface area (Å²) in [5, 5.41) is 3.28. The second-order valence-corrected chi connectivity index (χ2v) is 9.52. The molecule has 0 saturated carbocycles. The highest BCUT2D eigenvalue weighted by Crippen LogP contribution is 2.24. The zero-order valence-electron chi connectivity index (χ0n) is 18.4. The predicted octanol–water partition coefficient (Wildman–Crippen LogP) is 3.78. The van der Waals surface area contributed by atoms with Gasteiger partial charge in [0.05, 0.1) is 18.1 Å². The smallest absolute Gasteiger partial charge is 0.262 e. The van der Waals surface area contributed by atoms with Gasteiger partial charge in [-0.05, 0) is 62.2 Å². The van der Waals surface area contributed by atoms with E-state index in [0.717, 1.165) is 30.0 Å². The first-order chi connectivity index (χ1) is 15.3. The normalized spacial score (nSPS) is 14.3. The van der Waals surface area contributed by atoms with Crippen LogP contribution >= 0.6 is 0 Å². The van der Waals surface area contributed by atoms with Crippen LogP contribution in [0.3, 0.4) is 0 Å². The molecule has 0 amide bonds. The maximum atomic E-state index is 12.8. The second kappa shape index (κ2) is 9.13. The second-order valence-electron chi connectivity index (χ2n) is 7.87. The molecule has 0 aliphatic carbocycles. The average Bonchev–Trinajstić information content (AvgIpc) is 2.77. The van der Waals surface area contributed by atoms with Crippen LogP contribution in [-0.2, 0) is 14.8 Å². The molecule has 0 bridgehead atoms. The Labute approximate surface area is 188 Å². The zero-order valence-corrected chi connectivity index (χ0v) is 19.2. The number of nitrogens with zero attached hydrogens (tertiary/aromatic N) is 3. The Morgan fingerprint density at radius 2 is 1.59 bits per heavy atom. The summed E-state index contributed by atoms with van der Waals surface area (Å²) in [5.74, 6) is 1.36. The minimum Gasteiger partial charge on any atom is -0.378 e. The molecule has 168 valence electrons. The topological polar surface area (TPSA) is 96.5 Å². The Kier molecular flexibility index (Phi) is 6.29. The fourth-order valence-corrected chi connectivity index (χ4v) is 4.89. The fourth-order valence-electron chi connectivity index (χ4n) is 3.50. The van der Waals surface area contributed by atoms with E-state index in [1.54, 1.807) is 25.1 Å². The van der Waals surface area contributed by atoms with Crippen molar-refractivity contribution in [3.8, 4) is 0 Å². The first-order valence-electron chi connectivity index (χ1n) is 10.5. The van der Waals surface area contributed by atoms with E-state index in [-0.39, 0.29) is 4.90 Å². The molecular formula is C23H27N5O3S. The van der Waals surface area contributed by atoms with Gasteiger partial charge >= 0.3 is 0 Å². The number of ether oxygens (including phenoxy) is 1. The van der Waals surface area contributed by atoms with Gasteiger partial charge in [0.1, 0.15) is 5.82 Å². The van der Waals surface area contributed by atoms with E-state index in [9.17, 15) is 8.42 Å². The molecule has 8 nitrogen and oxygen atoms in total. The van der Waals surface area contributed by atoms with Gasteiger partial charge in [-0.3, -0.25) is 4.72 Å². The monoisotopic (exact) mass is 453 g/mol. The molecule has 0 radical (unpaired) electrons. The van der Waals surface area contributed by atoms with Crippen molar-refractivity contribution in [2.24, 2.45) is 0 Å². The van der Waals surface area contributed by atoms with E-state index < -0.39 is 10.0 Å². The molecule has 2 N–H and O–H groups in total. The summed E-state index contributed by atoms with van der Waals surface area (Å²) >= 11 is 0. The number of morpholine rings is 1. The molecule has 1 saturated heterocycles. The van der Waals surface area contributed by atoms with Crippen LogP contribution in [0.25, 0.3) is 0 Å². The van der Waals surface area contributed by atoms with Crippen LogP contribution in [0.4, 0.5) is 23.1 Å². The molecule has 0 atom stereocenters. The third kappa shape index (κ3) is 5.17. The van der Waals surface area contributed by atoms with E-state index in [2.05, 4.69) is 24.9 Å². The van der Waals surface area contributed by atoms with E-state index in [4.69, 9.17) is 4.74 Å². The Bertz CT molecular complexity index is 1210. The van der Waals surface area contributed by atoms with Gasteiger partial charge in [0.15, 0.2) is 0 Å². The molecule has 1 aliphatic rings. The number of rotatable bonds is 6. The van der Waals surface area contributed by atoms with Crippen molar-refractivity contribution in [1.29, 1.82) is 0 Å². The van der Waals surface area contributed by atoms with E-state index in [1.165, 1.54) is 0 Å². The summed E-state index contributed by atoms with van der Waals surface area (Å²) in [4.78, 5) is 11.6. The molecule has 0 spiro atoms. The number of aromatic nitrogens is 2. The van der Waals surface area contributed by atoms with Crippen molar-refractivity contribution in [1.82, 2.24) is 9.97 Å². The van der Waals surface area contributed by atoms with Crippen molar-refractivity contribution in [2.45, 2.75) is 25.7 Å². The molecule has 2 heterocycles. The van der Waals surface area contributed by atoms with Crippen molar-refractivity contribution >= 4 is 33.2 Å². The summed E-state index contributed by atoms with van der Waals surface area (Å²) in [6, 6.07) is 14.3. The van der Waals surface area contributed by atoms with Crippen LogP contribution in [0.5, 0.6) is 0 Å². The summed E-state index contributed by atoms with van der Waals surface area (Å²) < 4.78 is 33.7. The molecule has 1 aliphatic heterocycles. The third-order valence-corrected chi connectivity index (χ3v) is 6.70. The number of benzene rings is 2. The Morgan fingerprint density at radius 1 is 0.906 bits per heavy atom. The minimum atomic E-state index is -3.67. The Balaban J connectivity index is 1.48. The molecule has 4 rings (SSSR count). The van der Waals surface area contributed by atoms with Gasteiger partial charge in [0, 0.05) is 36.2 Å². The molecule has 9 heteroatoms. The molecule has 3 aromatic rings. The van der Waals surface area contributed by atoms with Crippen molar-refractivity contribution in [2.75, 3.05) is 41.2 Å². The molecular weight excluding hydrogens is 426 g/mol. The summed E-state index contributed by atoms with van der Waals surface area (Å²) in [5.41, 5.74) is 3.75. The van der Waals surface area contributed by atoms with Gasteiger partial charge in [0.25, 0.3) is 10.0 Å². The number of nitrogens with one attached hydrogen (secondary N) is 2. The first-order valence-corrected chi connectivity index (χ1v) is 11.9. The standard InChI is InChI=1S/C23H27N5O3S/c1-16-4-5-17(2)21(14-16)32(29,30)27-20-8-6-19(7-9-20)25-22-15-18(3)24-23(26-22)28-10-12-31-13-11-28/h4-9,14-15,27H,10-13H2,1-3H3,(H,24,25,26). The highest BCUT2D eigenvalue weighted by molar-refractivity contribution is 7.92. The first kappa shape index (κ1) is 22.0. The largest absolute Gasteiger partial charge is 0.378 e. The maximum absolute atomic E-state index is 12.8. The lowest BCUT2D eigenvalue weighted by molar-refractivity contribution is 0.122. The van der Waals surface area contributed by atoms with E-state index in [0.29, 0.717) is 36.2 Å². The highest BCUT2D eigenvalue weighted by Gasteiger charge is 2.18. The number of anilines is 4. The zero-order chi connectivity index (χ0) is 22.7. The van der Waals surface area contributed by atoms with Crippen molar-refractivity contribution in [3.63, 3.8) is 0 Å². The van der Waals surface area contributed by atoms with Crippen LogP contribution in [0.2, 0.25) is 0 Å². The van der Waals surface area contributed by atoms with Crippen molar-refractivity contribution < 1.29 is 13.2 Å². The average molecular weight is 454 g/mol. The lowest BCUT2D eigenvalue weighted by Gasteiger charge is -2.27. The summed E-state index contributed by atoms with van der Waals surface area (Å²) in [7, 11) is -3.67. The SMILES string of the molecule is Cc1ccc(C)c(S(=O)(=O)Nc2ccc(Nc3cc(C)nc(N4CCOCC4)n3)cc2)c1. The van der Waals surface area contributed by atoms with Crippen LogP contribution in [-0.4, -0.2) is 44.7 Å². The molecule has 1 fully saturated rings. The minimum absolute atomic E-state index is 0.284. The molecule has 0 unspecified atom stereocenters. The van der Waals surface area contributed by atoms with E-state index in [1.807, 2.05) is 44.2 Å². The maximum Gasteiger partial charge on any atom is 0.262 e. The summed E-state index contributed by atoms with van der Waals surface area (Å²) in [6.45, 7) is 8.45. The number of hydrogen-bond donors (Lipinski definition) is 2. The highest BCUT2D eigenvalue weighted by atomic mass is 32.2. The lowest BCUT2D eigenvalue weighted by Crippen LogP contribution is -2.37. The number of sulfonamides is 1. The van der Waals surface area contributed by atoms with Gasteiger partial charge in [-0.15, -0.1) is 0 Å². The Morgan fingerprint density at radius 3 is 2.31 bits per heavy atom. The van der Waals surface area contributed by atoms with Gasteiger partial charge in [-0.1, -0.05) is 12.1 Å². The lowest BCUT2D eigenvalue weighted by atomic mass is 10.2. The van der Waals surface area contributed by atoms with Crippen LogP contribution < -0.4 is 14.9 Å². The Hall–Kier alpha value is -3.17. The quantitative estimate of drug-likeness (QED) is 0.586. The van der Waals surface area contributed by atoms with Crippen LogP contribution in [0, 0.1) is 20.8 Å².